The first-order valence-corrected chi connectivity index (χ1v) is 6.36. The summed E-state index contributed by atoms with van der Waals surface area (Å²) in [6.45, 7) is 6.40. The van der Waals surface area contributed by atoms with Crippen molar-refractivity contribution in [3.63, 3.8) is 0 Å². The van der Waals surface area contributed by atoms with Crippen molar-refractivity contribution in [3.8, 4) is 5.75 Å². The fraction of sp³-hybridized carbons (Fsp3) is 0.571. The minimum absolute atomic E-state index is 0.365. The van der Waals surface area contributed by atoms with E-state index in [0.717, 1.165) is 31.7 Å². The van der Waals surface area contributed by atoms with Crippen LogP contribution in [0.25, 0.3) is 0 Å². The number of aliphatic hydroxyl groups excluding tert-OH is 1. The number of aliphatic hydroxyl groups is 1. The van der Waals surface area contributed by atoms with Gasteiger partial charge < -0.3 is 15.2 Å². The summed E-state index contributed by atoms with van der Waals surface area (Å²) in [6, 6.07) is 8.00. The van der Waals surface area contributed by atoms with Gasteiger partial charge in [0.05, 0.1) is 6.10 Å². The highest BCUT2D eigenvalue weighted by Gasteiger charge is 2.01. The average molecular weight is 237 g/mol. The van der Waals surface area contributed by atoms with Crippen LogP contribution in [0.5, 0.6) is 5.75 Å². The Morgan fingerprint density at radius 3 is 2.53 bits per heavy atom. The predicted octanol–water partition coefficient (Wildman–Crippen LogP) is 2.34. The standard InChI is InChI=1S/C14H23NO2/c1-3-9-15-10-12-5-7-14(8-6-12)17-11-13(16)4-2/h5-8,13,15-16H,3-4,9-11H2,1-2H3. The van der Waals surface area contributed by atoms with Crippen LogP contribution in [0.2, 0.25) is 0 Å². The van der Waals surface area contributed by atoms with Gasteiger partial charge in [0.15, 0.2) is 0 Å². The molecule has 1 aromatic carbocycles. The van der Waals surface area contributed by atoms with E-state index in [0.29, 0.717) is 6.61 Å². The molecule has 0 radical (unpaired) electrons. The second-order valence-corrected chi connectivity index (χ2v) is 4.19. The van der Waals surface area contributed by atoms with Crippen LogP contribution < -0.4 is 10.1 Å². The summed E-state index contributed by atoms with van der Waals surface area (Å²) in [6.07, 6.45) is 1.50. The zero-order valence-electron chi connectivity index (χ0n) is 10.8. The molecule has 2 N–H and O–H groups in total. The zero-order valence-corrected chi connectivity index (χ0v) is 10.8. The molecule has 0 fully saturated rings. The summed E-state index contributed by atoms with van der Waals surface area (Å²) >= 11 is 0. The van der Waals surface area contributed by atoms with Crippen LogP contribution in [-0.4, -0.2) is 24.4 Å². The summed E-state index contributed by atoms with van der Waals surface area (Å²) in [5.41, 5.74) is 1.25. The van der Waals surface area contributed by atoms with Gasteiger partial charge in [-0.25, -0.2) is 0 Å². The molecule has 0 saturated carbocycles. The van der Waals surface area contributed by atoms with E-state index in [-0.39, 0.29) is 6.10 Å². The molecule has 96 valence electrons. The molecule has 0 aliphatic carbocycles. The van der Waals surface area contributed by atoms with E-state index in [2.05, 4.69) is 24.4 Å². The highest BCUT2D eigenvalue weighted by atomic mass is 16.5. The summed E-state index contributed by atoms with van der Waals surface area (Å²) in [4.78, 5) is 0. The van der Waals surface area contributed by atoms with Crippen molar-refractivity contribution in [2.24, 2.45) is 0 Å². The molecule has 0 aliphatic rings. The van der Waals surface area contributed by atoms with Gasteiger partial charge in [-0.3, -0.25) is 0 Å². The third-order valence-corrected chi connectivity index (χ3v) is 2.59. The number of ether oxygens (including phenoxy) is 1. The number of hydrogen-bond donors (Lipinski definition) is 2. The van der Waals surface area contributed by atoms with Gasteiger partial charge in [-0.2, -0.15) is 0 Å². The molecule has 0 aromatic heterocycles. The molecule has 0 saturated heterocycles. The largest absolute Gasteiger partial charge is 0.491 e. The Balaban J connectivity index is 2.34. The third-order valence-electron chi connectivity index (χ3n) is 2.59. The lowest BCUT2D eigenvalue weighted by Crippen LogP contribution is -2.16. The van der Waals surface area contributed by atoms with Crippen LogP contribution in [0.4, 0.5) is 0 Å². The Morgan fingerprint density at radius 1 is 1.24 bits per heavy atom. The van der Waals surface area contributed by atoms with Crippen molar-refractivity contribution in [2.45, 2.75) is 39.3 Å². The quantitative estimate of drug-likeness (QED) is 0.682. The first-order valence-electron chi connectivity index (χ1n) is 6.36. The summed E-state index contributed by atoms with van der Waals surface area (Å²) in [7, 11) is 0. The minimum atomic E-state index is -0.374. The maximum atomic E-state index is 9.38. The van der Waals surface area contributed by atoms with Crippen LogP contribution in [0.15, 0.2) is 24.3 Å². The van der Waals surface area contributed by atoms with E-state index in [1.54, 1.807) is 0 Å². The molecule has 1 aromatic rings. The second-order valence-electron chi connectivity index (χ2n) is 4.19. The van der Waals surface area contributed by atoms with E-state index >= 15 is 0 Å². The Hall–Kier alpha value is -1.06. The second kappa shape index (κ2) is 8.09. The fourth-order valence-electron chi connectivity index (χ4n) is 1.42. The van der Waals surface area contributed by atoms with Gasteiger partial charge in [0.25, 0.3) is 0 Å². The van der Waals surface area contributed by atoms with Crippen molar-refractivity contribution in [2.75, 3.05) is 13.2 Å². The van der Waals surface area contributed by atoms with E-state index < -0.39 is 0 Å². The molecule has 1 rings (SSSR count). The average Bonchev–Trinajstić information content (AvgIpc) is 2.37. The Labute approximate surface area is 104 Å². The van der Waals surface area contributed by atoms with E-state index in [1.165, 1.54) is 5.56 Å². The monoisotopic (exact) mass is 237 g/mol. The molecule has 0 spiro atoms. The lowest BCUT2D eigenvalue weighted by atomic mass is 10.2. The molecule has 17 heavy (non-hydrogen) atoms. The smallest absolute Gasteiger partial charge is 0.119 e. The highest BCUT2D eigenvalue weighted by molar-refractivity contribution is 5.27. The lowest BCUT2D eigenvalue weighted by molar-refractivity contribution is 0.104. The Kier molecular flexibility index (Phi) is 6.67. The van der Waals surface area contributed by atoms with Gasteiger partial charge in [0, 0.05) is 6.54 Å². The van der Waals surface area contributed by atoms with Crippen LogP contribution in [0, 0.1) is 0 Å². The van der Waals surface area contributed by atoms with E-state index in [9.17, 15) is 5.11 Å². The van der Waals surface area contributed by atoms with Crippen LogP contribution in [0.1, 0.15) is 32.3 Å². The molecule has 0 amide bonds. The molecule has 3 heteroatoms. The number of rotatable bonds is 8. The maximum Gasteiger partial charge on any atom is 0.119 e. The minimum Gasteiger partial charge on any atom is -0.491 e. The molecular formula is C14H23NO2. The van der Waals surface area contributed by atoms with E-state index in [1.807, 2.05) is 19.1 Å². The molecule has 0 heterocycles. The SMILES string of the molecule is CCCNCc1ccc(OCC(O)CC)cc1. The molecule has 1 unspecified atom stereocenters. The van der Waals surface area contributed by atoms with Crippen LogP contribution >= 0.6 is 0 Å². The van der Waals surface area contributed by atoms with Gasteiger partial charge in [-0.05, 0) is 37.1 Å². The van der Waals surface area contributed by atoms with Crippen LogP contribution in [-0.2, 0) is 6.54 Å². The fourth-order valence-corrected chi connectivity index (χ4v) is 1.42. The molecule has 0 aliphatic heterocycles. The maximum absolute atomic E-state index is 9.38. The molecule has 0 bridgehead atoms. The van der Waals surface area contributed by atoms with Crippen molar-refractivity contribution in [1.82, 2.24) is 5.32 Å². The molecule has 3 nitrogen and oxygen atoms in total. The van der Waals surface area contributed by atoms with Gasteiger partial charge >= 0.3 is 0 Å². The zero-order chi connectivity index (χ0) is 12.5. The van der Waals surface area contributed by atoms with E-state index in [4.69, 9.17) is 4.74 Å². The molecular weight excluding hydrogens is 214 g/mol. The Morgan fingerprint density at radius 2 is 1.94 bits per heavy atom. The number of benzene rings is 1. The lowest BCUT2D eigenvalue weighted by Gasteiger charge is -2.10. The van der Waals surface area contributed by atoms with Crippen molar-refractivity contribution in [1.29, 1.82) is 0 Å². The van der Waals surface area contributed by atoms with Gasteiger partial charge in [0.2, 0.25) is 0 Å². The highest BCUT2D eigenvalue weighted by Crippen LogP contribution is 2.12. The van der Waals surface area contributed by atoms with Crippen LogP contribution in [0.3, 0.4) is 0 Å². The molecule has 1 atom stereocenters. The first kappa shape index (κ1) is 14.0. The summed E-state index contributed by atoms with van der Waals surface area (Å²) < 4.78 is 5.47. The summed E-state index contributed by atoms with van der Waals surface area (Å²) in [5.74, 6) is 0.816. The predicted molar refractivity (Wildman–Crippen MR) is 70.2 cm³/mol. The summed E-state index contributed by atoms with van der Waals surface area (Å²) in [5, 5.41) is 12.7. The topological polar surface area (TPSA) is 41.5 Å². The van der Waals surface area contributed by atoms with Gasteiger partial charge in [0.1, 0.15) is 12.4 Å². The first-order chi connectivity index (χ1) is 8.26. The number of hydrogen-bond acceptors (Lipinski definition) is 3. The Bertz CT molecular complexity index is 298. The van der Waals surface area contributed by atoms with Crippen molar-refractivity contribution in [3.05, 3.63) is 29.8 Å². The normalized spacial score (nSPS) is 12.4. The van der Waals surface area contributed by atoms with Crippen molar-refractivity contribution < 1.29 is 9.84 Å². The third kappa shape index (κ3) is 5.71. The number of nitrogens with one attached hydrogen (secondary N) is 1. The van der Waals surface area contributed by atoms with Gasteiger partial charge in [-0.1, -0.05) is 26.0 Å². The van der Waals surface area contributed by atoms with Crippen molar-refractivity contribution >= 4 is 0 Å². The van der Waals surface area contributed by atoms with Gasteiger partial charge in [-0.15, -0.1) is 0 Å².